The number of benzene rings is 1. The summed E-state index contributed by atoms with van der Waals surface area (Å²) in [4.78, 5) is 11.9. The molecular formula is C20H25BN4O4. The normalized spacial score (nSPS) is 18.8. The molecule has 4 rings (SSSR count). The number of rotatable bonds is 5. The first-order valence-corrected chi connectivity index (χ1v) is 9.86. The zero-order valence-corrected chi connectivity index (χ0v) is 16.6. The molecule has 0 spiro atoms. The van der Waals surface area contributed by atoms with Gasteiger partial charge in [-0.25, -0.2) is 0 Å². The van der Waals surface area contributed by atoms with E-state index < -0.39 is 13.0 Å². The Balaban J connectivity index is 1.62. The van der Waals surface area contributed by atoms with Crippen LogP contribution in [0.1, 0.15) is 48.7 Å². The Morgan fingerprint density at radius 1 is 1.45 bits per heavy atom. The highest BCUT2D eigenvalue weighted by Gasteiger charge is 2.29. The summed E-state index contributed by atoms with van der Waals surface area (Å²) < 4.78 is 12.9. The van der Waals surface area contributed by atoms with Crippen LogP contribution in [0.5, 0.6) is 5.75 Å². The summed E-state index contributed by atoms with van der Waals surface area (Å²) >= 11 is 0. The Hall–Kier alpha value is -2.78. The van der Waals surface area contributed by atoms with Crippen LogP contribution in [0.25, 0.3) is 6.08 Å². The molecule has 1 aromatic carbocycles. The van der Waals surface area contributed by atoms with Gasteiger partial charge in [0.2, 0.25) is 0 Å². The number of aromatic nitrogens is 2. The molecule has 1 amide bonds. The molecule has 4 N–H and O–H groups in total. The van der Waals surface area contributed by atoms with E-state index in [1.165, 1.54) is 0 Å². The van der Waals surface area contributed by atoms with E-state index in [2.05, 4.69) is 10.4 Å². The van der Waals surface area contributed by atoms with Gasteiger partial charge in [0.05, 0.1) is 12.6 Å². The van der Waals surface area contributed by atoms with Gasteiger partial charge in [-0.2, -0.15) is 5.10 Å². The topological polar surface area (TPSA) is 112 Å². The van der Waals surface area contributed by atoms with E-state index in [0.717, 1.165) is 36.2 Å². The molecule has 9 heteroatoms. The zero-order valence-electron chi connectivity index (χ0n) is 16.6. The van der Waals surface area contributed by atoms with Crippen LogP contribution in [0.3, 0.4) is 0 Å². The first kappa shape index (κ1) is 19.5. The summed E-state index contributed by atoms with van der Waals surface area (Å²) in [5, 5.41) is 17.9. The van der Waals surface area contributed by atoms with E-state index in [4.69, 9.17) is 15.1 Å². The van der Waals surface area contributed by atoms with Crippen molar-refractivity contribution in [3.05, 3.63) is 41.0 Å². The lowest BCUT2D eigenvalue weighted by Gasteiger charge is -2.23. The molecule has 0 aliphatic carbocycles. The predicted octanol–water partition coefficient (Wildman–Crippen LogP) is 2.53. The van der Waals surface area contributed by atoms with Crippen molar-refractivity contribution < 1.29 is 19.2 Å². The van der Waals surface area contributed by atoms with Crippen LogP contribution in [0.4, 0.5) is 11.5 Å². The molecule has 1 saturated heterocycles. The fourth-order valence-electron chi connectivity index (χ4n) is 3.66. The number of nitrogens with one attached hydrogen (secondary N) is 1. The van der Waals surface area contributed by atoms with E-state index in [1.807, 2.05) is 32.1 Å². The van der Waals surface area contributed by atoms with Gasteiger partial charge in [-0.3, -0.25) is 9.48 Å². The second kappa shape index (κ2) is 7.92. The van der Waals surface area contributed by atoms with Crippen LogP contribution in [-0.2, 0) is 4.74 Å². The van der Waals surface area contributed by atoms with Gasteiger partial charge in [-0.15, -0.1) is 0 Å². The summed E-state index contributed by atoms with van der Waals surface area (Å²) in [6.45, 7) is 5.34. The highest BCUT2D eigenvalue weighted by molar-refractivity contribution is 6.55. The third-order valence-corrected chi connectivity index (χ3v) is 5.29. The van der Waals surface area contributed by atoms with Crippen molar-refractivity contribution in [1.29, 1.82) is 0 Å². The zero-order chi connectivity index (χ0) is 20.5. The Bertz CT molecular complexity index is 950. The summed E-state index contributed by atoms with van der Waals surface area (Å²) in [6.07, 6.45) is 5.52. The van der Waals surface area contributed by atoms with Gasteiger partial charge in [0, 0.05) is 24.1 Å². The van der Waals surface area contributed by atoms with E-state index in [0.29, 0.717) is 23.7 Å². The van der Waals surface area contributed by atoms with Gasteiger partial charge >= 0.3 is 7.12 Å². The number of amides is 1. The monoisotopic (exact) mass is 396 g/mol. The number of carbonyl (C=O) groups is 1. The summed E-state index contributed by atoms with van der Waals surface area (Å²) in [5.74, 6) is 0.631. The van der Waals surface area contributed by atoms with Gasteiger partial charge in [0.1, 0.15) is 11.3 Å². The minimum absolute atomic E-state index is 0.0901. The fourth-order valence-corrected chi connectivity index (χ4v) is 3.66. The molecule has 152 valence electrons. The Labute approximate surface area is 169 Å². The van der Waals surface area contributed by atoms with E-state index in [1.54, 1.807) is 16.9 Å². The van der Waals surface area contributed by atoms with Crippen LogP contribution < -0.4 is 15.7 Å². The molecule has 1 fully saturated rings. The number of carbonyl (C=O) groups excluding carboxylic acids is 1. The standard InChI is InChI=1S/C20H25BN4O4/c1-12(2)17-9-13-8-14(5-6-18(13)29-21(17)27)23-20-16(19(22)26)10-25(24-20)15-4-3-7-28-11-15/h5-6,8-10,12,15,27H,3-4,7,11H2,1-2H3,(H2,22,26)(H,23,24). The molecule has 0 radical (unpaired) electrons. The molecule has 2 aliphatic heterocycles. The Morgan fingerprint density at radius 3 is 2.97 bits per heavy atom. The van der Waals surface area contributed by atoms with Gasteiger partial charge in [0.25, 0.3) is 5.91 Å². The van der Waals surface area contributed by atoms with Crippen molar-refractivity contribution in [1.82, 2.24) is 9.78 Å². The fraction of sp³-hybridized carbons (Fsp3) is 0.400. The molecule has 1 unspecified atom stereocenters. The molecule has 8 nitrogen and oxygen atoms in total. The van der Waals surface area contributed by atoms with Crippen molar-refractivity contribution in [2.45, 2.75) is 32.7 Å². The van der Waals surface area contributed by atoms with Crippen LogP contribution in [0.15, 0.2) is 29.9 Å². The minimum Gasteiger partial charge on any atom is -0.532 e. The number of hydrogen-bond acceptors (Lipinski definition) is 6. The summed E-state index contributed by atoms with van der Waals surface area (Å²) in [6, 6.07) is 5.58. The lowest BCUT2D eigenvalue weighted by atomic mass is 9.70. The number of ether oxygens (including phenoxy) is 1. The van der Waals surface area contributed by atoms with Crippen molar-refractivity contribution >= 4 is 30.6 Å². The predicted molar refractivity (Wildman–Crippen MR) is 111 cm³/mol. The second-order valence-corrected chi connectivity index (χ2v) is 7.75. The third-order valence-electron chi connectivity index (χ3n) is 5.29. The average molecular weight is 396 g/mol. The molecule has 0 bridgehead atoms. The molecule has 1 atom stereocenters. The molecule has 1 aromatic heterocycles. The van der Waals surface area contributed by atoms with Crippen LogP contribution in [0, 0.1) is 5.92 Å². The second-order valence-electron chi connectivity index (χ2n) is 7.75. The first-order chi connectivity index (χ1) is 13.9. The Morgan fingerprint density at radius 2 is 2.28 bits per heavy atom. The van der Waals surface area contributed by atoms with E-state index in [9.17, 15) is 9.82 Å². The van der Waals surface area contributed by atoms with Crippen LogP contribution >= 0.6 is 0 Å². The highest BCUT2D eigenvalue weighted by atomic mass is 16.5. The number of nitrogens with zero attached hydrogens (tertiary/aromatic N) is 2. The maximum Gasteiger partial charge on any atom is 0.556 e. The van der Waals surface area contributed by atoms with E-state index >= 15 is 0 Å². The minimum atomic E-state index is -0.934. The molecular weight excluding hydrogens is 371 g/mol. The maximum atomic E-state index is 11.9. The smallest absolute Gasteiger partial charge is 0.532 e. The average Bonchev–Trinajstić information content (AvgIpc) is 3.12. The maximum absolute atomic E-state index is 11.9. The number of allylic oxidation sites excluding steroid dienone is 1. The van der Waals surface area contributed by atoms with E-state index in [-0.39, 0.29) is 12.0 Å². The molecule has 2 aliphatic rings. The molecule has 3 heterocycles. The van der Waals surface area contributed by atoms with Crippen molar-refractivity contribution in [3.63, 3.8) is 0 Å². The lowest BCUT2D eigenvalue weighted by molar-refractivity contribution is 0.0550. The number of nitrogens with two attached hydrogens (primary N) is 1. The molecule has 2 aromatic rings. The quantitative estimate of drug-likeness (QED) is 0.670. The molecule has 0 saturated carbocycles. The number of hydrogen-bond donors (Lipinski definition) is 3. The summed E-state index contributed by atoms with van der Waals surface area (Å²) in [5.41, 5.74) is 8.31. The van der Waals surface area contributed by atoms with Crippen LogP contribution in [-0.4, -0.2) is 41.0 Å². The van der Waals surface area contributed by atoms with Crippen molar-refractivity contribution in [2.24, 2.45) is 11.7 Å². The lowest BCUT2D eigenvalue weighted by Crippen LogP contribution is -2.30. The number of anilines is 2. The largest absolute Gasteiger partial charge is 0.556 e. The van der Waals surface area contributed by atoms with Crippen LogP contribution in [0.2, 0.25) is 0 Å². The van der Waals surface area contributed by atoms with Gasteiger partial charge in [0.15, 0.2) is 5.82 Å². The Kier molecular flexibility index (Phi) is 5.34. The highest BCUT2D eigenvalue weighted by Crippen LogP contribution is 2.33. The van der Waals surface area contributed by atoms with Crippen molar-refractivity contribution in [2.75, 3.05) is 18.5 Å². The third kappa shape index (κ3) is 4.01. The van der Waals surface area contributed by atoms with Crippen molar-refractivity contribution in [3.8, 4) is 5.75 Å². The number of fused-ring (bicyclic) bond motifs is 1. The molecule has 29 heavy (non-hydrogen) atoms. The van der Waals surface area contributed by atoms with Gasteiger partial charge in [-0.1, -0.05) is 19.9 Å². The van der Waals surface area contributed by atoms with Gasteiger partial charge < -0.3 is 25.5 Å². The SMILES string of the molecule is CC(C)C1=Cc2cc(Nc3nn(C4CCCOC4)cc3C(N)=O)ccc2OB1O. The first-order valence-electron chi connectivity index (χ1n) is 9.86. The van der Waals surface area contributed by atoms with Gasteiger partial charge in [-0.05, 0) is 42.4 Å². The number of primary amides is 1. The summed E-state index contributed by atoms with van der Waals surface area (Å²) in [7, 11) is -0.934.